The van der Waals surface area contributed by atoms with Gasteiger partial charge in [0, 0.05) is 37.8 Å². The van der Waals surface area contributed by atoms with Crippen molar-refractivity contribution in [3.63, 3.8) is 0 Å². The Morgan fingerprint density at radius 2 is 1.93 bits per heavy atom. The van der Waals surface area contributed by atoms with Crippen LogP contribution in [0.2, 0.25) is 0 Å². The highest BCUT2D eigenvalue weighted by atomic mass is 32.1. The third kappa shape index (κ3) is 5.42. The molecule has 0 unspecified atom stereocenters. The van der Waals surface area contributed by atoms with Gasteiger partial charge in [-0.3, -0.25) is 4.99 Å². The predicted molar refractivity (Wildman–Crippen MR) is 109 cm³/mol. The summed E-state index contributed by atoms with van der Waals surface area (Å²) < 4.78 is 27.5. The first kappa shape index (κ1) is 19.6. The van der Waals surface area contributed by atoms with E-state index in [-0.39, 0.29) is 12.0 Å². The summed E-state index contributed by atoms with van der Waals surface area (Å²) in [6.07, 6.45) is 2.31. The van der Waals surface area contributed by atoms with Gasteiger partial charge in [0.25, 0.3) is 0 Å². The number of halogens is 2. The Kier molecular flexibility index (Phi) is 7.04. The number of thiophene rings is 1. The minimum Gasteiger partial charge on any atom is -0.363 e. The van der Waals surface area contributed by atoms with Crippen molar-refractivity contribution in [2.24, 2.45) is 4.99 Å². The maximum Gasteiger partial charge on any atom is 0.191 e. The lowest BCUT2D eigenvalue weighted by Gasteiger charge is -2.33. The molecule has 0 amide bonds. The monoisotopic (exact) mass is 392 g/mol. The molecule has 0 saturated carbocycles. The van der Waals surface area contributed by atoms with Gasteiger partial charge in [0.1, 0.15) is 11.6 Å². The molecule has 0 aliphatic carbocycles. The van der Waals surface area contributed by atoms with E-state index >= 15 is 0 Å². The van der Waals surface area contributed by atoms with E-state index in [0.29, 0.717) is 18.5 Å². The van der Waals surface area contributed by atoms with Crippen LogP contribution in [0, 0.1) is 11.6 Å². The number of hydrogen-bond donors (Lipinski definition) is 2. The van der Waals surface area contributed by atoms with Gasteiger partial charge in [0.15, 0.2) is 5.96 Å². The number of guanidine groups is 1. The first-order valence-corrected chi connectivity index (χ1v) is 10.3. The van der Waals surface area contributed by atoms with Gasteiger partial charge < -0.3 is 15.5 Å². The second kappa shape index (κ2) is 9.69. The Morgan fingerprint density at radius 1 is 1.19 bits per heavy atom. The fraction of sp³-hybridized carbons (Fsp3) is 0.450. The number of nitrogens with one attached hydrogen (secondary N) is 2. The molecule has 0 bridgehead atoms. The normalized spacial score (nSPS) is 15.8. The minimum atomic E-state index is -0.510. The predicted octanol–water partition coefficient (Wildman–Crippen LogP) is 3.79. The maximum absolute atomic E-state index is 13.7. The number of piperidine rings is 1. The summed E-state index contributed by atoms with van der Waals surface area (Å²) in [5.74, 6) is -0.308. The number of benzene rings is 1. The van der Waals surface area contributed by atoms with E-state index in [1.165, 1.54) is 23.2 Å². The molecule has 1 aromatic carbocycles. The third-order valence-electron chi connectivity index (χ3n) is 4.69. The molecule has 1 aromatic heterocycles. The molecule has 7 heteroatoms. The first-order valence-electron chi connectivity index (χ1n) is 9.43. The molecule has 1 saturated heterocycles. The molecule has 27 heavy (non-hydrogen) atoms. The number of nitrogens with zero attached hydrogens (tertiary/aromatic N) is 2. The molecule has 2 heterocycles. The molecule has 3 rings (SSSR count). The van der Waals surface area contributed by atoms with Crippen LogP contribution >= 0.6 is 11.3 Å². The van der Waals surface area contributed by atoms with Crippen LogP contribution < -0.4 is 15.5 Å². The molecule has 2 aromatic rings. The van der Waals surface area contributed by atoms with Gasteiger partial charge >= 0.3 is 0 Å². The molecule has 4 nitrogen and oxygen atoms in total. The summed E-state index contributed by atoms with van der Waals surface area (Å²) in [5.41, 5.74) is 0.0985. The zero-order valence-electron chi connectivity index (χ0n) is 15.5. The molecular weight excluding hydrogens is 366 g/mol. The Balaban J connectivity index is 1.52. The van der Waals surface area contributed by atoms with E-state index in [9.17, 15) is 8.78 Å². The van der Waals surface area contributed by atoms with E-state index in [1.54, 1.807) is 11.3 Å². The van der Waals surface area contributed by atoms with Crippen molar-refractivity contribution in [2.45, 2.75) is 32.2 Å². The van der Waals surface area contributed by atoms with Crippen LogP contribution in [0.5, 0.6) is 0 Å². The number of anilines is 1. The van der Waals surface area contributed by atoms with Gasteiger partial charge in [-0.2, -0.15) is 0 Å². The van der Waals surface area contributed by atoms with Gasteiger partial charge in [0.2, 0.25) is 0 Å². The van der Waals surface area contributed by atoms with Crippen molar-refractivity contribution in [1.82, 2.24) is 10.6 Å². The van der Waals surface area contributed by atoms with Crippen LogP contribution in [0.1, 0.15) is 25.3 Å². The lowest BCUT2D eigenvalue weighted by atomic mass is 10.1. The fourth-order valence-electron chi connectivity index (χ4n) is 3.26. The van der Waals surface area contributed by atoms with Crippen LogP contribution in [0.4, 0.5) is 13.8 Å². The van der Waals surface area contributed by atoms with Gasteiger partial charge in [-0.1, -0.05) is 6.07 Å². The second-order valence-electron chi connectivity index (χ2n) is 6.57. The van der Waals surface area contributed by atoms with Crippen LogP contribution in [0.25, 0.3) is 0 Å². The zero-order valence-corrected chi connectivity index (χ0v) is 16.4. The van der Waals surface area contributed by atoms with Crippen LogP contribution in [0.15, 0.2) is 40.7 Å². The Morgan fingerprint density at radius 3 is 2.56 bits per heavy atom. The molecule has 0 spiro atoms. The summed E-state index contributed by atoms with van der Waals surface area (Å²) in [6, 6.07) is 8.54. The molecule has 1 aliphatic heterocycles. The Labute approximate surface area is 163 Å². The van der Waals surface area contributed by atoms with Crippen molar-refractivity contribution < 1.29 is 8.78 Å². The summed E-state index contributed by atoms with van der Waals surface area (Å²) in [5, 5.41) is 10.1. The molecule has 2 N–H and O–H groups in total. The van der Waals surface area contributed by atoms with Crippen molar-refractivity contribution in [3.8, 4) is 0 Å². The fourth-order valence-corrected chi connectivity index (χ4v) is 4.04. The summed E-state index contributed by atoms with van der Waals surface area (Å²) in [7, 11) is 0. The maximum atomic E-state index is 13.7. The Hall–Kier alpha value is -2.15. The Bertz CT molecular complexity index is 720. The highest BCUT2D eigenvalue weighted by molar-refractivity contribution is 7.14. The van der Waals surface area contributed by atoms with Gasteiger partial charge in [-0.25, -0.2) is 8.78 Å². The standard InChI is InChI=1S/C20H26F2N4S/c1-2-23-20(24-11-8-16-17(21)5-3-6-18(16)22)25-15-9-12-26(13-10-15)19-7-4-14-27-19/h3-7,14-15H,2,8-13H2,1H3,(H2,23,24,25). The largest absolute Gasteiger partial charge is 0.363 e. The highest BCUT2D eigenvalue weighted by Crippen LogP contribution is 2.24. The third-order valence-corrected chi connectivity index (χ3v) is 5.62. The van der Waals surface area contributed by atoms with Crippen molar-refractivity contribution in [2.75, 3.05) is 31.1 Å². The highest BCUT2D eigenvalue weighted by Gasteiger charge is 2.20. The number of rotatable bonds is 6. The molecule has 0 atom stereocenters. The quantitative estimate of drug-likeness (QED) is 0.580. The van der Waals surface area contributed by atoms with E-state index in [1.807, 2.05) is 6.92 Å². The van der Waals surface area contributed by atoms with Crippen molar-refractivity contribution >= 4 is 22.3 Å². The second-order valence-corrected chi connectivity index (χ2v) is 7.49. The number of aliphatic imine (C=N–C) groups is 1. The van der Waals surface area contributed by atoms with E-state index < -0.39 is 11.6 Å². The van der Waals surface area contributed by atoms with E-state index in [0.717, 1.165) is 32.5 Å². The lowest BCUT2D eigenvalue weighted by Crippen LogP contribution is -2.48. The molecular formula is C20H26F2N4S. The van der Waals surface area contributed by atoms with Crippen molar-refractivity contribution in [1.29, 1.82) is 0 Å². The first-order chi connectivity index (χ1) is 13.2. The van der Waals surface area contributed by atoms with Gasteiger partial charge in [-0.05, 0) is 55.8 Å². The number of hydrogen-bond acceptors (Lipinski definition) is 3. The van der Waals surface area contributed by atoms with Crippen LogP contribution in [-0.4, -0.2) is 38.2 Å². The van der Waals surface area contributed by atoms with Crippen molar-refractivity contribution in [3.05, 3.63) is 52.9 Å². The average Bonchev–Trinajstić information content (AvgIpc) is 3.19. The molecule has 0 radical (unpaired) electrons. The molecule has 1 fully saturated rings. The molecule has 146 valence electrons. The van der Waals surface area contributed by atoms with E-state index in [2.05, 4.69) is 38.0 Å². The zero-order chi connectivity index (χ0) is 19.1. The topological polar surface area (TPSA) is 39.7 Å². The summed E-state index contributed by atoms with van der Waals surface area (Å²) in [4.78, 5) is 6.91. The van der Waals surface area contributed by atoms with Crippen LogP contribution in [0.3, 0.4) is 0 Å². The lowest BCUT2D eigenvalue weighted by molar-refractivity contribution is 0.463. The van der Waals surface area contributed by atoms with Gasteiger partial charge in [-0.15, -0.1) is 11.3 Å². The smallest absolute Gasteiger partial charge is 0.191 e. The minimum absolute atomic E-state index is 0.0985. The van der Waals surface area contributed by atoms with Crippen LogP contribution in [-0.2, 0) is 6.42 Å². The van der Waals surface area contributed by atoms with Gasteiger partial charge in [0.05, 0.1) is 5.00 Å². The average molecular weight is 393 g/mol. The summed E-state index contributed by atoms with van der Waals surface area (Å²) in [6.45, 7) is 5.11. The summed E-state index contributed by atoms with van der Waals surface area (Å²) >= 11 is 1.77. The van der Waals surface area contributed by atoms with E-state index in [4.69, 9.17) is 0 Å². The molecule has 1 aliphatic rings. The SMILES string of the molecule is CCNC(=NCCc1c(F)cccc1F)NC1CCN(c2cccs2)CC1.